The van der Waals surface area contributed by atoms with Gasteiger partial charge >= 0.3 is 0 Å². The minimum Gasteiger partial charge on any atom is -0.394 e. The van der Waals surface area contributed by atoms with Gasteiger partial charge in [-0.15, -0.1) is 0 Å². The number of aliphatic hydroxyl groups is 1. The van der Waals surface area contributed by atoms with E-state index >= 15 is 0 Å². The summed E-state index contributed by atoms with van der Waals surface area (Å²) in [5, 5.41) is 9.15. The third-order valence-electron chi connectivity index (χ3n) is 2.73. The lowest BCUT2D eigenvalue weighted by molar-refractivity contribution is -0.0792. The number of aliphatic imine (C=N–C) groups is 1. The van der Waals surface area contributed by atoms with Crippen LogP contribution in [0.1, 0.15) is 26.7 Å². The van der Waals surface area contributed by atoms with Crippen LogP contribution in [0.3, 0.4) is 0 Å². The van der Waals surface area contributed by atoms with Crippen molar-refractivity contribution >= 4 is 5.96 Å². The first kappa shape index (κ1) is 14.2. The monoisotopic (exact) mass is 244 g/mol. The molecule has 2 atom stereocenters. The molecule has 0 spiro atoms. The summed E-state index contributed by atoms with van der Waals surface area (Å²) in [7, 11) is 0. The molecule has 1 rings (SSSR count). The highest BCUT2D eigenvalue weighted by molar-refractivity contribution is 5.79. The molecule has 0 aromatic heterocycles. The van der Waals surface area contributed by atoms with Crippen LogP contribution in [0.25, 0.3) is 0 Å². The molecule has 100 valence electrons. The Morgan fingerprint density at radius 1 is 1.59 bits per heavy atom. The average Bonchev–Trinajstić information content (AvgIpc) is 2.34. The number of ether oxygens (including phenoxy) is 1. The number of hydrogen-bond acceptors (Lipinski definition) is 4. The molecular weight excluding hydrogens is 220 g/mol. The average molecular weight is 244 g/mol. The Balaban J connectivity index is 2.57. The summed E-state index contributed by atoms with van der Waals surface area (Å²) in [6.45, 7) is 6.26. The second-order valence-corrected chi connectivity index (χ2v) is 4.36. The third-order valence-corrected chi connectivity index (χ3v) is 2.73. The molecule has 1 aliphatic heterocycles. The molecule has 0 bridgehead atoms. The number of nitrogens with two attached hydrogens (primary N) is 1. The maximum absolute atomic E-state index is 9.15. The second kappa shape index (κ2) is 7.47. The van der Waals surface area contributed by atoms with E-state index in [2.05, 4.69) is 17.3 Å². The van der Waals surface area contributed by atoms with Crippen LogP contribution in [0.15, 0.2) is 4.99 Å². The molecule has 2 unspecified atom stereocenters. The molecule has 0 aromatic rings. The maximum Gasteiger partial charge on any atom is 0.208 e. The van der Waals surface area contributed by atoms with E-state index in [0.29, 0.717) is 12.5 Å². The molecule has 0 saturated carbocycles. The van der Waals surface area contributed by atoms with Gasteiger partial charge in [0.1, 0.15) is 0 Å². The number of nitrogens with zero attached hydrogens (tertiary/aromatic N) is 2. The Bertz CT molecular complexity index is 248. The molecule has 6 nitrogen and oxygen atoms in total. The van der Waals surface area contributed by atoms with Crippen molar-refractivity contribution in [2.45, 2.75) is 38.9 Å². The number of hydrogen-bond donors (Lipinski definition) is 3. The molecule has 17 heavy (non-hydrogen) atoms. The van der Waals surface area contributed by atoms with Crippen LogP contribution in [-0.2, 0) is 4.74 Å². The summed E-state index contributed by atoms with van der Waals surface area (Å²) in [6, 6.07) is 0. The van der Waals surface area contributed by atoms with Crippen molar-refractivity contribution in [2.75, 3.05) is 26.2 Å². The highest BCUT2D eigenvalue weighted by Gasteiger charge is 2.26. The van der Waals surface area contributed by atoms with Gasteiger partial charge in [-0.3, -0.25) is 10.4 Å². The van der Waals surface area contributed by atoms with Gasteiger partial charge in [-0.2, -0.15) is 0 Å². The number of unbranched alkanes of at least 4 members (excludes halogenated alkanes) is 1. The number of hydrazine groups is 1. The van der Waals surface area contributed by atoms with Crippen LogP contribution in [0.4, 0.5) is 0 Å². The van der Waals surface area contributed by atoms with E-state index in [1.54, 1.807) is 0 Å². The highest BCUT2D eigenvalue weighted by atomic mass is 16.5. The van der Waals surface area contributed by atoms with Crippen LogP contribution in [-0.4, -0.2) is 54.4 Å². The van der Waals surface area contributed by atoms with Gasteiger partial charge in [0.05, 0.1) is 18.8 Å². The number of guanidine groups is 1. The second-order valence-electron chi connectivity index (χ2n) is 4.36. The fourth-order valence-electron chi connectivity index (χ4n) is 1.90. The first-order valence-corrected chi connectivity index (χ1v) is 6.23. The van der Waals surface area contributed by atoms with Crippen LogP contribution in [0.5, 0.6) is 0 Å². The van der Waals surface area contributed by atoms with Gasteiger partial charge in [0.2, 0.25) is 5.96 Å². The first-order valence-electron chi connectivity index (χ1n) is 6.23. The fourth-order valence-corrected chi connectivity index (χ4v) is 1.90. The van der Waals surface area contributed by atoms with Crippen molar-refractivity contribution in [1.82, 2.24) is 10.3 Å². The summed E-state index contributed by atoms with van der Waals surface area (Å²) < 4.78 is 5.57. The predicted octanol–water partition coefficient (Wildman–Crippen LogP) is -0.313. The van der Waals surface area contributed by atoms with Gasteiger partial charge in [0, 0.05) is 19.6 Å². The molecule has 0 amide bonds. The number of morpholine rings is 1. The number of rotatable bonds is 4. The highest BCUT2D eigenvalue weighted by Crippen LogP contribution is 2.10. The van der Waals surface area contributed by atoms with E-state index in [-0.39, 0.29) is 18.8 Å². The molecule has 6 heteroatoms. The summed E-state index contributed by atoms with van der Waals surface area (Å²) in [5.74, 6) is 6.18. The van der Waals surface area contributed by atoms with Gasteiger partial charge in [-0.1, -0.05) is 13.3 Å². The predicted molar refractivity (Wildman–Crippen MR) is 67.5 cm³/mol. The minimum absolute atomic E-state index is 0.0215. The van der Waals surface area contributed by atoms with Crippen LogP contribution in [0, 0.1) is 0 Å². The lowest BCUT2D eigenvalue weighted by Gasteiger charge is -2.37. The molecule has 1 saturated heterocycles. The normalized spacial score (nSPS) is 26.1. The van der Waals surface area contributed by atoms with Crippen molar-refractivity contribution < 1.29 is 9.84 Å². The largest absolute Gasteiger partial charge is 0.394 e. The van der Waals surface area contributed by atoms with Gasteiger partial charge in [-0.05, 0) is 13.3 Å². The van der Waals surface area contributed by atoms with Crippen molar-refractivity contribution in [3.63, 3.8) is 0 Å². The van der Waals surface area contributed by atoms with Crippen molar-refractivity contribution in [2.24, 2.45) is 10.8 Å². The summed E-state index contributed by atoms with van der Waals surface area (Å²) >= 11 is 0. The van der Waals surface area contributed by atoms with Crippen molar-refractivity contribution in [1.29, 1.82) is 0 Å². The Kier molecular flexibility index (Phi) is 6.25. The van der Waals surface area contributed by atoms with E-state index in [4.69, 9.17) is 15.7 Å². The van der Waals surface area contributed by atoms with Crippen molar-refractivity contribution in [3.05, 3.63) is 0 Å². The van der Waals surface area contributed by atoms with E-state index in [1.807, 2.05) is 11.8 Å². The zero-order chi connectivity index (χ0) is 12.7. The Labute approximate surface area is 103 Å². The van der Waals surface area contributed by atoms with E-state index in [0.717, 1.165) is 25.9 Å². The summed E-state index contributed by atoms with van der Waals surface area (Å²) in [5.41, 5.74) is 2.63. The minimum atomic E-state index is -0.163. The molecule has 4 N–H and O–H groups in total. The zero-order valence-corrected chi connectivity index (χ0v) is 10.7. The first-order chi connectivity index (χ1) is 8.21. The van der Waals surface area contributed by atoms with Crippen LogP contribution in [0.2, 0.25) is 0 Å². The van der Waals surface area contributed by atoms with E-state index < -0.39 is 0 Å². The molecule has 0 radical (unpaired) electrons. The van der Waals surface area contributed by atoms with Gasteiger partial charge in [0.25, 0.3) is 0 Å². The Hall–Kier alpha value is -0.850. The van der Waals surface area contributed by atoms with Gasteiger partial charge in [0.15, 0.2) is 0 Å². The molecule has 0 aromatic carbocycles. The summed E-state index contributed by atoms with van der Waals surface area (Å²) in [4.78, 5) is 6.46. The number of nitrogens with one attached hydrogen (secondary N) is 1. The Morgan fingerprint density at radius 3 is 2.94 bits per heavy atom. The lowest BCUT2D eigenvalue weighted by Crippen LogP contribution is -2.55. The topological polar surface area (TPSA) is 83.1 Å². The third kappa shape index (κ3) is 4.49. The van der Waals surface area contributed by atoms with E-state index in [1.165, 1.54) is 0 Å². The number of aliphatic hydroxyl groups excluding tert-OH is 1. The zero-order valence-electron chi connectivity index (χ0n) is 10.7. The molecule has 1 heterocycles. The van der Waals surface area contributed by atoms with Crippen LogP contribution < -0.4 is 11.3 Å². The standard InChI is InChI=1S/C11H24N4O2/c1-3-4-5-13-11(14-12)15-6-9(2)17-10(7-15)8-16/h9-10,16H,3-8,12H2,1-2H3,(H,13,14). The lowest BCUT2D eigenvalue weighted by atomic mass is 10.2. The molecule has 1 fully saturated rings. The van der Waals surface area contributed by atoms with Crippen LogP contribution >= 0.6 is 0 Å². The smallest absolute Gasteiger partial charge is 0.208 e. The SMILES string of the molecule is CCCCN=C(NN)N1CC(C)OC(CO)C1. The quantitative estimate of drug-likeness (QED) is 0.208. The molecule has 1 aliphatic rings. The maximum atomic E-state index is 9.15. The van der Waals surface area contributed by atoms with Gasteiger partial charge < -0.3 is 14.7 Å². The Morgan fingerprint density at radius 2 is 2.35 bits per heavy atom. The fraction of sp³-hybridized carbons (Fsp3) is 0.909. The molecular formula is C11H24N4O2. The molecule has 0 aliphatic carbocycles. The summed E-state index contributed by atoms with van der Waals surface area (Å²) in [6.07, 6.45) is 2.07. The van der Waals surface area contributed by atoms with Crippen molar-refractivity contribution in [3.8, 4) is 0 Å². The van der Waals surface area contributed by atoms with E-state index in [9.17, 15) is 0 Å². The van der Waals surface area contributed by atoms with Gasteiger partial charge in [-0.25, -0.2) is 5.84 Å².